The summed E-state index contributed by atoms with van der Waals surface area (Å²) in [5.74, 6) is 0.0637. The third-order valence-electron chi connectivity index (χ3n) is 4.57. The number of carbonyl (C=O) groups excluding carboxylic acids is 1. The third-order valence-corrected chi connectivity index (χ3v) is 4.57. The van der Waals surface area contributed by atoms with Crippen molar-refractivity contribution < 1.29 is 27.4 Å². The van der Waals surface area contributed by atoms with E-state index in [2.05, 4.69) is 15.7 Å². The fourth-order valence-electron chi connectivity index (χ4n) is 3.17. The van der Waals surface area contributed by atoms with Crippen molar-refractivity contribution in [3.8, 4) is 5.75 Å². The van der Waals surface area contributed by atoms with Gasteiger partial charge in [0, 0.05) is 20.1 Å². The molecule has 2 N–H and O–H groups in total. The Hall–Kier alpha value is -2.75. The summed E-state index contributed by atoms with van der Waals surface area (Å²) in [6.07, 6.45) is -3.61. The van der Waals surface area contributed by atoms with E-state index in [4.69, 9.17) is 9.47 Å². The molecule has 1 amide bonds. The molecule has 0 spiro atoms. The average Bonchev–Trinajstić information content (AvgIpc) is 3.10. The van der Waals surface area contributed by atoms with Crippen LogP contribution in [-0.4, -0.2) is 49.2 Å². The fourth-order valence-corrected chi connectivity index (χ4v) is 3.17. The van der Waals surface area contributed by atoms with Crippen LogP contribution in [0.25, 0.3) is 0 Å². The van der Waals surface area contributed by atoms with Gasteiger partial charge in [-0.3, -0.25) is 4.79 Å². The Labute approximate surface area is 159 Å². The summed E-state index contributed by atoms with van der Waals surface area (Å²) in [5, 5.41) is 9.48. The van der Waals surface area contributed by atoms with E-state index in [-0.39, 0.29) is 24.3 Å². The van der Waals surface area contributed by atoms with Crippen molar-refractivity contribution >= 4 is 11.7 Å². The molecule has 3 rings (SSSR count). The first kappa shape index (κ1) is 20.0. The van der Waals surface area contributed by atoms with Gasteiger partial charge < -0.3 is 20.1 Å². The van der Waals surface area contributed by atoms with Crippen molar-refractivity contribution in [2.75, 3.05) is 32.7 Å². The van der Waals surface area contributed by atoms with Crippen LogP contribution < -0.4 is 15.4 Å². The number of hydrogen-bond acceptors (Lipinski definition) is 5. The van der Waals surface area contributed by atoms with Gasteiger partial charge in [0.25, 0.3) is 5.91 Å². The van der Waals surface area contributed by atoms with Gasteiger partial charge >= 0.3 is 6.18 Å². The van der Waals surface area contributed by atoms with Crippen molar-refractivity contribution in [2.24, 2.45) is 0 Å². The molecule has 1 aromatic carbocycles. The van der Waals surface area contributed by atoms with Crippen LogP contribution in [0.2, 0.25) is 0 Å². The number of benzene rings is 1. The standard InChI is InChI=1S/C18H21F3N4O3/c1-27-7-6-22-17(26)13-10-23-25-15(18(19,20)21)9-14(24-16(13)25)11-4-3-5-12(8-11)28-2/h3-5,8,10,14-15,24H,6-7,9H2,1-2H3,(H,22,26)/t14-,15+/m0/s1. The van der Waals surface area contributed by atoms with Crippen molar-refractivity contribution in [2.45, 2.75) is 24.7 Å². The largest absolute Gasteiger partial charge is 0.497 e. The van der Waals surface area contributed by atoms with Crippen molar-refractivity contribution in [1.82, 2.24) is 15.1 Å². The van der Waals surface area contributed by atoms with Crippen LogP contribution >= 0.6 is 0 Å². The van der Waals surface area contributed by atoms with Gasteiger partial charge in [-0.05, 0) is 17.7 Å². The highest BCUT2D eigenvalue weighted by Gasteiger charge is 2.47. The molecule has 2 aromatic rings. The van der Waals surface area contributed by atoms with Gasteiger partial charge in [-0.15, -0.1) is 0 Å². The normalized spacial score (nSPS) is 18.9. The van der Waals surface area contributed by atoms with Gasteiger partial charge in [0.2, 0.25) is 0 Å². The SMILES string of the molecule is COCCNC(=O)c1cnn2c1N[C@H](c1cccc(OC)c1)C[C@@H]2C(F)(F)F. The smallest absolute Gasteiger partial charge is 0.410 e. The zero-order valence-corrected chi connectivity index (χ0v) is 15.4. The quantitative estimate of drug-likeness (QED) is 0.732. The number of nitrogens with one attached hydrogen (secondary N) is 2. The van der Waals surface area contributed by atoms with Crippen LogP contribution in [0.4, 0.5) is 19.0 Å². The summed E-state index contributed by atoms with van der Waals surface area (Å²) >= 11 is 0. The van der Waals surface area contributed by atoms with E-state index in [1.807, 2.05) is 0 Å². The Balaban J connectivity index is 1.95. The van der Waals surface area contributed by atoms with E-state index < -0.39 is 24.2 Å². The summed E-state index contributed by atoms with van der Waals surface area (Å²) in [6, 6.07) is 4.32. The first-order valence-corrected chi connectivity index (χ1v) is 8.67. The maximum absolute atomic E-state index is 13.7. The maximum Gasteiger partial charge on any atom is 0.410 e. The summed E-state index contributed by atoms with van der Waals surface area (Å²) in [4.78, 5) is 12.4. The second kappa shape index (κ2) is 8.09. The molecule has 0 saturated heterocycles. The average molecular weight is 398 g/mol. The minimum absolute atomic E-state index is 0.0383. The Morgan fingerprint density at radius 2 is 2.18 bits per heavy atom. The number of carbonyl (C=O) groups is 1. The van der Waals surface area contributed by atoms with E-state index in [1.54, 1.807) is 24.3 Å². The molecule has 2 atom stereocenters. The molecule has 28 heavy (non-hydrogen) atoms. The molecule has 2 heterocycles. The monoisotopic (exact) mass is 398 g/mol. The van der Waals surface area contributed by atoms with Gasteiger partial charge in [-0.1, -0.05) is 12.1 Å². The minimum atomic E-state index is -4.51. The number of aromatic nitrogens is 2. The number of rotatable bonds is 6. The fraction of sp³-hybridized carbons (Fsp3) is 0.444. The van der Waals surface area contributed by atoms with Crippen LogP contribution in [0.5, 0.6) is 5.75 Å². The number of fused-ring (bicyclic) bond motifs is 1. The number of amides is 1. The van der Waals surface area contributed by atoms with Crippen LogP contribution in [-0.2, 0) is 4.74 Å². The van der Waals surface area contributed by atoms with Gasteiger partial charge in [0.05, 0.1) is 26.0 Å². The lowest BCUT2D eigenvalue weighted by molar-refractivity contribution is -0.173. The lowest BCUT2D eigenvalue weighted by Gasteiger charge is -2.34. The first-order chi connectivity index (χ1) is 13.3. The van der Waals surface area contributed by atoms with E-state index in [0.717, 1.165) is 10.9 Å². The Bertz CT molecular complexity index is 838. The molecule has 1 aromatic heterocycles. The maximum atomic E-state index is 13.7. The van der Waals surface area contributed by atoms with Gasteiger partial charge in [-0.25, -0.2) is 4.68 Å². The highest BCUT2D eigenvalue weighted by atomic mass is 19.4. The molecule has 7 nitrogen and oxygen atoms in total. The first-order valence-electron chi connectivity index (χ1n) is 8.67. The molecule has 10 heteroatoms. The summed E-state index contributed by atoms with van der Waals surface area (Å²) in [6.45, 7) is 0.530. The minimum Gasteiger partial charge on any atom is -0.497 e. The second-order valence-corrected chi connectivity index (χ2v) is 6.37. The van der Waals surface area contributed by atoms with Crippen molar-refractivity contribution in [3.63, 3.8) is 0 Å². The summed E-state index contributed by atoms with van der Waals surface area (Å²) in [5.41, 5.74) is 0.685. The summed E-state index contributed by atoms with van der Waals surface area (Å²) < 4.78 is 51.9. The predicted octanol–water partition coefficient (Wildman–Crippen LogP) is 2.93. The number of anilines is 1. The number of alkyl halides is 3. The predicted molar refractivity (Wildman–Crippen MR) is 95.5 cm³/mol. The number of nitrogens with zero attached hydrogens (tertiary/aromatic N) is 2. The van der Waals surface area contributed by atoms with Gasteiger partial charge in [-0.2, -0.15) is 18.3 Å². The zero-order valence-electron chi connectivity index (χ0n) is 15.4. The van der Waals surface area contributed by atoms with Crippen LogP contribution in [0.1, 0.15) is 34.4 Å². The molecular weight excluding hydrogens is 377 g/mol. The number of ether oxygens (including phenoxy) is 2. The van der Waals surface area contributed by atoms with E-state index in [1.165, 1.54) is 14.2 Å². The zero-order chi connectivity index (χ0) is 20.3. The van der Waals surface area contributed by atoms with Crippen LogP contribution in [0, 0.1) is 0 Å². The molecule has 0 saturated carbocycles. The molecular formula is C18H21F3N4O3. The molecule has 1 aliphatic heterocycles. The summed E-state index contributed by atoms with van der Waals surface area (Å²) in [7, 11) is 2.98. The molecule has 0 radical (unpaired) electrons. The van der Waals surface area contributed by atoms with Crippen molar-refractivity contribution in [3.05, 3.63) is 41.6 Å². The number of hydrogen-bond donors (Lipinski definition) is 2. The molecule has 0 aliphatic carbocycles. The van der Waals surface area contributed by atoms with E-state index >= 15 is 0 Å². The van der Waals surface area contributed by atoms with Gasteiger partial charge in [0.1, 0.15) is 17.1 Å². The number of methoxy groups -OCH3 is 2. The van der Waals surface area contributed by atoms with Crippen LogP contribution in [0.3, 0.4) is 0 Å². The lowest BCUT2D eigenvalue weighted by Crippen LogP contribution is -2.36. The second-order valence-electron chi connectivity index (χ2n) is 6.37. The third kappa shape index (κ3) is 4.06. The molecule has 0 bridgehead atoms. The molecule has 152 valence electrons. The Morgan fingerprint density at radius 1 is 1.39 bits per heavy atom. The molecule has 1 aliphatic rings. The number of halogens is 3. The van der Waals surface area contributed by atoms with Crippen LogP contribution in [0.15, 0.2) is 30.5 Å². The topological polar surface area (TPSA) is 77.4 Å². The Kier molecular flexibility index (Phi) is 5.78. The van der Waals surface area contributed by atoms with E-state index in [9.17, 15) is 18.0 Å². The Morgan fingerprint density at radius 3 is 2.86 bits per heavy atom. The van der Waals surface area contributed by atoms with Gasteiger partial charge in [0.15, 0.2) is 6.04 Å². The van der Waals surface area contributed by atoms with Crippen molar-refractivity contribution in [1.29, 1.82) is 0 Å². The highest BCUT2D eigenvalue weighted by molar-refractivity contribution is 5.98. The highest BCUT2D eigenvalue weighted by Crippen LogP contribution is 2.44. The molecule has 0 unspecified atom stereocenters. The molecule has 0 fully saturated rings. The lowest BCUT2D eigenvalue weighted by atomic mass is 9.96. The van der Waals surface area contributed by atoms with E-state index in [0.29, 0.717) is 17.9 Å².